The van der Waals surface area contributed by atoms with Gasteiger partial charge in [-0.15, -0.1) is 0 Å². The lowest BCUT2D eigenvalue weighted by Gasteiger charge is -2.57. The van der Waals surface area contributed by atoms with Gasteiger partial charge in [-0.25, -0.2) is 0 Å². The van der Waals surface area contributed by atoms with Crippen LogP contribution in [0.1, 0.15) is 32.1 Å². The van der Waals surface area contributed by atoms with E-state index in [1.807, 2.05) is 0 Å². The lowest BCUT2D eigenvalue weighted by molar-refractivity contribution is -0.135. The van der Waals surface area contributed by atoms with Gasteiger partial charge in [-0.3, -0.25) is 4.79 Å². The molecule has 2 unspecified atom stereocenters. The van der Waals surface area contributed by atoms with E-state index in [1.165, 1.54) is 32.1 Å². The number of carbonyl (C=O) groups excluding carboxylic acids is 1. The third kappa shape index (κ3) is 1.26. The summed E-state index contributed by atoms with van der Waals surface area (Å²) in [6.07, 6.45) is 6.61. The minimum Gasteiger partial charge on any atom is -0.466 e. The summed E-state index contributed by atoms with van der Waals surface area (Å²) in [6.45, 7) is 1.15. The molecule has 0 aromatic rings. The van der Waals surface area contributed by atoms with Gasteiger partial charge in [-0.1, -0.05) is 0 Å². The fourth-order valence-corrected chi connectivity index (χ4v) is 3.71. The molecule has 0 amide bonds. The van der Waals surface area contributed by atoms with Crippen LogP contribution in [0, 0.1) is 11.8 Å². The molecule has 78 valence electrons. The summed E-state index contributed by atoms with van der Waals surface area (Å²) in [4.78, 5) is 10.2. The Morgan fingerprint density at radius 2 is 2.07 bits per heavy atom. The molecule has 2 atom stereocenters. The number of hydrogen-bond acceptors (Lipinski definition) is 3. The number of hydrogen-bond donors (Lipinski definition) is 1. The molecule has 0 aromatic heterocycles. The summed E-state index contributed by atoms with van der Waals surface area (Å²) in [5.74, 6) is 1.88. The lowest BCUT2D eigenvalue weighted by Crippen LogP contribution is -2.69. The molecule has 3 nitrogen and oxygen atoms in total. The van der Waals surface area contributed by atoms with Gasteiger partial charge in [0.15, 0.2) is 0 Å². The summed E-state index contributed by atoms with van der Waals surface area (Å²) in [6, 6.07) is 0.705. The highest BCUT2D eigenvalue weighted by molar-refractivity contribution is 5.37. The van der Waals surface area contributed by atoms with Gasteiger partial charge in [0, 0.05) is 6.04 Å². The molecule has 3 heterocycles. The first-order chi connectivity index (χ1) is 6.80. The fraction of sp³-hybridized carbons (Fsp3) is 0.909. The topological polar surface area (TPSA) is 38.3 Å². The number of carbonyl (C=O) groups is 1. The van der Waals surface area contributed by atoms with Gasteiger partial charge >= 0.3 is 0 Å². The molecule has 1 N–H and O–H groups in total. The predicted molar refractivity (Wildman–Crippen MR) is 51.7 cm³/mol. The van der Waals surface area contributed by atoms with Crippen LogP contribution in [0.4, 0.5) is 0 Å². The van der Waals surface area contributed by atoms with E-state index in [-0.39, 0.29) is 5.54 Å². The second-order valence-electron chi connectivity index (χ2n) is 5.38. The van der Waals surface area contributed by atoms with E-state index in [2.05, 4.69) is 5.32 Å². The second-order valence-corrected chi connectivity index (χ2v) is 5.38. The van der Waals surface area contributed by atoms with Crippen molar-refractivity contribution in [2.24, 2.45) is 11.8 Å². The van der Waals surface area contributed by atoms with E-state index in [4.69, 9.17) is 4.74 Å². The Hall–Kier alpha value is -0.570. The zero-order valence-electron chi connectivity index (χ0n) is 8.37. The quantitative estimate of drug-likeness (QED) is 0.685. The van der Waals surface area contributed by atoms with Gasteiger partial charge in [-0.2, -0.15) is 0 Å². The summed E-state index contributed by atoms with van der Waals surface area (Å²) < 4.78 is 4.93. The van der Waals surface area contributed by atoms with E-state index in [9.17, 15) is 4.79 Å². The maximum absolute atomic E-state index is 10.2. The van der Waals surface area contributed by atoms with Gasteiger partial charge < -0.3 is 10.1 Å². The fourth-order valence-electron chi connectivity index (χ4n) is 3.71. The maximum Gasteiger partial charge on any atom is 0.293 e. The molecule has 6 aliphatic rings. The Bertz CT molecular complexity index is 242. The molecule has 3 aliphatic carbocycles. The summed E-state index contributed by atoms with van der Waals surface area (Å²) in [5, 5.41) is 3.61. The van der Waals surface area contributed by atoms with Crippen LogP contribution in [-0.4, -0.2) is 24.7 Å². The van der Waals surface area contributed by atoms with Crippen molar-refractivity contribution in [2.45, 2.75) is 43.7 Å². The summed E-state index contributed by atoms with van der Waals surface area (Å²) >= 11 is 0. The molecular weight excluding hydrogens is 178 g/mol. The molecule has 3 aliphatic heterocycles. The Balaban J connectivity index is 1.66. The van der Waals surface area contributed by atoms with Gasteiger partial charge in [0.1, 0.15) is 6.61 Å². The molecule has 6 rings (SSSR count). The van der Waals surface area contributed by atoms with Crippen molar-refractivity contribution < 1.29 is 9.53 Å². The van der Waals surface area contributed by atoms with Crippen LogP contribution in [0.25, 0.3) is 0 Å². The zero-order chi connectivity index (χ0) is 9.60. The van der Waals surface area contributed by atoms with Crippen molar-refractivity contribution in [1.82, 2.24) is 5.32 Å². The number of rotatable bonds is 3. The Morgan fingerprint density at radius 3 is 2.79 bits per heavy atom. The molecule has 4 bridgehead atoms. The van der Waals surface area contributed by atoms with Crippen LogP contribution >= 0.6 is 0 Å². The molecule has 0 aromatic carbocycles. The first kappa shape index (κ1) is 8.72. The second kappa shape index (κ2) is 2.96. The van der Waals surface area contributed by atoms with Gasteiger partial charge in [0.05, 0.1) is 5.54 Å². The first-order valence-electron chi connectivity index (χ1n) is 5.63. The average Bonchev–Trinajstić information content (AvgIpc) is 1.95. The van der Waals surface area contributed by atoms with Crippen LogP contribution in [0.2, 0.25) is 0 Å². The maximum atomic E-state index is 10.2. The third-order valence-electron chi connectivity index (χ3n) is 4.21. The van der Waals surface area contributed by atoms with E-state index in [0.29, 0.717) is 19.1 Å². The highest BCUT2D eigenvalue weighted by Crippen LogP contribution is 2.49. The first-order valence-corrected chi connectivity index (χ1v) is 5.63. The third-order valence-corrected chi connectivity index (χ3v) is 4.21. The monoisotopic (exact) mass is 195 g/mol. The minimum absolute atomic E-state index is 0.154. The number of nitrogens with one attached hydrogen (secondary N) is 1. The highest BCUT2D eigenvalue weighted by Gasteiger charge is 2.51. The molecular formula is C11H17NO2. The highest BCUT2D eigenvalue weighted by atomic mass is 16.5. The van der Waals surface area contributed by atoms with Gasteiger partial charge in [0.25, 0.3) is 6.47 Å². The molecule has 14 heavy (non-hydrogen) atoms. The Kier molecular flexibility index (Phi) is 1.84. The van der Waals surface area contributed by atoms with Crippen LogP contribution in [0.5, 0.6) is 0 Å². The average molecular weight is 195 g/mol. The SMILES string of the molecule is O=COCC12CC3CC(C3)CC(C1)N2. The van der Waals surface area contributed by atoms with E-state index in [0.717, 1.165) is 11.8 Å². The molecule has 0 spiro atoms. The van der Waals surface area contributed by atoms with E-state index in [1.54, 1.807) is 0 Å². The minimum atomic E-state index is 0.154. The van der Waals surface area contributed by atoms with Crippen molar-refractivity contribution in [3.05, 3.63) is 0 Å². The van der Waals surface area contributed by atoms with Crippen molar-refractivity contribution in [3.8, 4) is 0 Å². The predicted octanol–water partition coefficient (Wildman–Crippen LogP) is 1.08. The molecule has 3 saturated heterocycles. The zero-order valence-corrected chi connectivity index (χ0v) is 8.37. The normalized spacial score (nSPS) is 49.3. The summed E-state index contributed by atoms with van der Waals surface area (Å²) in [5.41, 5.74) is 0.154. The van der Waals surface area contributed by atoms with Crippen LogP contribution in [0.3, 0.4) is 0 Å². The summed E-state index contributed by atoms with van der Waals surface area (Å²) in [7, 11) is 0. The number of ether oxygens (including phenoxy) is 1. The standard InChI is InChI=1S/C11H17NO2/c13-7-14-6-11-4-9-1-8(2-9)3-10(5-11)12-11/h7-10,12H,1-6H2. The van der Waals surface area contributed by atoms with Crippen molar-refractivity contribution in [1.29, 1.82) is 0 Å². The van der Waals surface area contributed by atoms with Gasteiger partial charge in [0.2, 0.25) is 0 Å². The van der Waals surface area contributed by atoms with Gasteiger partial charge in [-0.05, 0) is 43.9 Å². The van der Waals surface area contributed by atoms with Crippen LogP contribution in [-0.2, 0) is 9.53 Å². The molecule has 0 radical (unpaired) electrons. The largest absolute Gasteiger partial charge is 0.466 e. The smallest absolute Gasteiger partial charge is 0.293 e. The van der Waals surface area contributed by atoms with E-state index < -0.39 is 0 Å². The van der Waals surface area contributed by atoms with E-state index >= 15 is 0 Å². The molecule has 6 fully saturated rings. The van der Waals surface area contributed by atoms with Crippen molar-refractivity contribution in [3.63, 3.8) is 0 Å². The molecule has 3 saturated carbocycles. The van der Waals surface area contributed by atoms with Crippen LogP contribution in [0.15, 0.2) is 0 Å². The molecule has 3 heteroatoms. The van der Waals surface area contributed by atoms with Crippen LogP contribution < -0.4 is 5.32 Å². The Labute approximate surface area is 84.2 Å². The Morgan fingerprint density at radius 1 is 1.29 bits per heavy atom. The van der Waals surface area contributed by atoms with Crippen molar-refractivity contribution >= 4 is 6.47 Å². The van der Waals surface area contributed by atoms with Crippen molar-refractivity contribution in [2.75, 3.05) is 6.61 Å². The lowest BCUT2D eigenvalue weighted by atomic mass is 9.59.